The first-order valence-corrected chi connectivity index (χ1v) is 7.18. The predicted molar refractivity (Wildman–Crippen MR) is 82.1 cm³/mol. The Morgan fingerprint density at radius 1 is 0.909 bits per heavy atom. The first-order valence-electron chi connectivity index (χ1n) is 7.18. The molecule has 0 aliphatic heterocycles. The Bertz CT molecular complexity index is 560. The van der Waals surface area contributed by atoms with E-state index in [2.05, 4.69) is 4.98 Å². The van der Waals surface area contributed by atoms with Gasteiger partial charge in [0.05, 0.1) is 11.3 Å². The number of hydrogen-bond acceptors (Lipinski definition) is 1. The highest BCUT2D eigenvalue weighted by Crippen LogP contribution is 2.30. The maximum Gasteiger partial charge on any atom is 0.417 e. The lowest BCUT2D eigenvalue weighted by Crippen LogP contribution is -2.05. The molecule has 122 valence electrons. The number of halogens is 4. The van der Waals surface area contributed by atoms with Crippen LogP contribution in [0.4, 0.5) is 17.6 Å². The summed E-state index contributed by atoms with van der Waals surface area (Å²) >= 11 is 0. The van der Waals surface area contributed by atoms with Crippen LogP contribution in [-0.2, 0) is 6.18 Å². The van der Waals surface area contributed by atoms with Crippen LogP contribution in [0.25, 0.3) is 11.3 Å². The molecule has 0 saturated heterocycles. The fourth-order valence-electron chi connectivity index (χ4n) is 1.64. The minimum absolute atomic E-state index is 0.386. The van der Waals surface area contributed by atoms with Crippen LogP contribution in [-0.4, -0.2) is 4.98 Å². The van der Waals surface area contributed by atoms with Crippen molar-refractivity contribution in [1.82, 2.24) is 4.98 Å². The summed E-state index contributed by atoms with van der Waals surface area (Å²) < 4.78 is 50.0. The van der Waals surface area contributed by atoms with Crippen molar-refractivity contribution in [2.24, 2.45) is 0 Å². The van der Waals surface area contributed by atoms with E-state index in [9.17, 15) is 17.6 Å². The quantitative estimate of drug-likeness (QED) is 0.565. The van der Waals surface area contributed by atoms with Crippen LogP contribution in [0.2, 0.25) is 0 Å². The third-order valence-electron chi connectivity index (χ3n) is 2.56. The van der Waals surface area contributed by atoms with Crippen LogP contribution in [0.1, 0.15) is 38.8 Å². The lowest BCUT2D eigenvalue weighted by molar-refractivity contribution is -0.137. The standard InChI is InChI=1S/C13H9F4N.2C2H6/c1-8-6-10(14)3-4-11(8)12-5-2-9(7-18-12)13(15,16)17;2*1-2/h2-7H,1H3;2*1-2H3. The second-order valence-corrected chi connectivity index (χ2v) is 3.89. The molecule has 0 atom stereocenters. The predicted octanol–water partition coefficient (Wildman–Crippen LogP) is 6.27. The van der Waals surface area contributed by atoms with Crippen LogP contribution in [0, 0.1) is 12.7 Å². The van der Waals surface area contributed by atoms with E-state index in [4.69, 9.17) is 0 Å². The largest absolute Gasteiger partial charge is 0.417 e. The van der Waals surface area contributed by atoms with E-state index >= 15 is 0 Å². The summed E-state index contributed by atoms with van der Waals surface area (Å²) in [4.78, 5) is 3.76. The highest BCUT2D eigenvalue weighted by Gasteiger charge is 2.30. The second-order valence-electron chi connectivity index (χ2n) is 3.89. The van der Waals surface area contributed by atoms with Gasteiger partial charge in [-0.3, -0.25) is 4.98 Å². The van der Waals surface area contributed by atoms with Gasteiger partial charge in [-0.25, -0.2) is 4.39 Å². The second kappa shape index (κ2) is 9.18. The minimum Gasteiger partial charge on any atom is -0.256 e. The van der Waals surface area contributed by atoms with Gasteiger partial charge in [0.15, 0.2) is 0 Å². The van der Waals surface area contributed by atoms with Crippen LogP contribution in [0.5, 0.6) is 0 Å². The van der Waals surface area contributed by atoms with E-state index in [0.717, 1.165) is 12.3 Å². The number of aromatic nitrogens is 1. The maximum atomic E-state index is 12.9. The molecule has 0 aliphatic rings. The van der Waals surface area contributed by atoms with E-state index in [1.807, 2.05) is 27.7 Å². The van der Waals surface area contributed by atoms with Gasteiger partial charge >= 0.3 is 6.18 Å². The summed E-state index contributed by atoms with van der Waals surface area (Å²) in [6, 6.07) is 6.31. The molecule has 0 aliphatic carbocycles. The van der Waals surface area contributed by atoms with Crippen LogP contribution in [0.3, 0.4) is 0 Å². The molecule has 0 N–H and O–H groups in total. The normalized spacial score (nSPS) is 10.0. The van der Waals surface area contributed by atoms with Gasteiger partial charge in [0.1, 0.15) is 5.82 Å². The Morgan fingerprint density at radius 2 is 1.50 bits per heavy atom. The van der Waals surface area contributed by atoms with E-state index in [-0.39, 0.29) is 5.82 Å². The lowest BCUT2D eigenvalue weighted by atomic mass is 10.0. The van der Waals surface area contributed by atoms with Gasteiger partial charge in [-0.05, 0) is 42.8 Å². The highest BCUT2D eigenvalue weighted by molar-refractivity contribution is 5.63. The molecule has 2 aromatic rings. The molecule has 0 bridgehead atoms. The van der Waals surface area contributed by atoms with Gasteiger partial charge in [0, 0.05) is 11.8 Å². The Balaban J connectivity index is 0.00000102. The SMILES string of the molecule is CC.CC.Cc1cc(F)ccc1-c1ccc(C(F)(F)F)cn1. The molecular weight excluding hydrogens is 294 g/mol. The van der Waals surface area contributed by atoms with Gasteiger partial charge in [0.25, 0.3) is 0 Å². The monoisotopic (exact) mass is 315 g/mol. The molecule has 22 heavy (non-hydrogen) atoms. The number of hydrogen-bond donors (Lipinski definition) is 0. The molecule has 0 spiro atoms. The summed E-state index contributed by atoms with van der Waals surface area (Å²) in [6.45, 7) is 9.68. The Labute approximate surface area is 129 Å². The molecule has 0 amide bonds. The van der Waals surface area contributed by atoms with Crippen molar-refractivity contribution in [3.63, 3.8) is 0 Å². The van der Waals surface area contributed by atoms with Crippen LogP contribution < -0.4 is 0 Å². The smallest absolute Gasteiger partial charge is 0.256 e. The third-order valence-corrected chi connectivity index (χ3v) is 2.56. The van der Waals surface area contributed by atoms with Gasteiger partial charge < -0.3 is 0 Å². The molecule has 0 unspecified atom stereocenters. The van der Waals surface area contributed by atoms with E-state index in [0.29, 0.717) is 16.8 Å². The fraction of sp³-hybridized carbons (Fsp3) is 0.353. The Kier molecular flexibility index (Phi) is 8.38. The molecule has 1 nitrogen and oxygen atoms in total. The minimum atomic E-state index is -4.40. The van der Waals surface area contributed by atoms with Crippen molar-refractivity contribution in [1.29, 1.82) is 0 Å². The average Bonchev–Trinajstić information content (AvgIpc) is 2.51. The van der Waals surface area contributed by atoms with Crippen LogP contribution >= 0.6 is 0 Å². The number of alkyl halides is 3. The topological polar surface area (TPSA) is 12.9 Å². The average molecular weight is 315 g/mol. The Hall–Kier alpha value is -1.91. The molecule has 0 fully saturated rings. The van der Waals surface area contributed by atoms with Crippen molar-refractivity contribution >= 4 is 0 Å². The molecule has 1 aromatic carbocycles. The van der Waals surface area contributed by atoms with E-state index < -0.39 is 11.7 Å². The highest BCUT2D eigenvalue weighted by atomic mass is 19.4. The Morgan fingerprint density at radius 3 is 1.91 bits per heavy atom. The molecular formula is C17H21F4N. The first-order chi connectivity index (χ1) is 10.4. The molecule has 1 aromatic heterocycles. The number of pyridine rings is 1. The van der Waals surface area contributed by atoms with Crippen molar-refractivity contribution in [2.75, 3.05) is 0 Å². The summed E-state index contributed by atoms with van der Waals surface area (Å²) in [5, 5.41) is 0. The summed E-state index contributed by atoms with van der Waals surface area (Å²) in [5.74, 6) is -0.386. The zero-order chi connectivity index (χ0) is 17.3. The number of rotatable bonds is 1. The third kappa shape index (κ3) is 5.47. The van der Waals surface area contributed by atoms with Gasteiger partial charge in [-0.1, -0.05) is 27.7 Å². The van der Waals surface area contributed by atoms with E-state index in [1.165, 1.54) is 24.3 Å². The number of aryl methyl sites for hydroxylation is 1. The van der Waals surface area contributed by atoms with E-state index in [1.54, 1.807) is 6.92 Å². The first kappa shape index (κ1) is 20.1. The maximum absolute atomic E-state index is 12.9. The van der Waals surface area contributed by atoms with Gasteiger partial charge in [0.2, 0.25) is 0 Å². The van der Waals surface area contributed by atoms with Gasteiger partial charge in [-0.2, -0.15) is 13.2 Å². The zero-order valence-electron chi connectivity index (χ0n) is 13.4. The van der Waals surface area contributed by atoms with Gasteiger partial charge in [-0.15, -0.1) is 0 Å². The number of nitrogens with zero attached hydrogens (tertiary/aromatic N) is 1. The van der Waals surface area contributed by atoms with Crippen molar-refractivity contribution in [3.05, 3.63) is 53.5 Å². The van der Waals surface area contributed by atoms with Crippen molar-refractivity contribution in [3.8, 4) is 11.3 Å². The fourth-order valence-corrected chi connectivity index (χ4v) is 1.64. The zero-order valence-corrected chi connectivity index (χ0v) is 13.4. The lowest BCUT2D eigenvalue weighted by Gasteiger charge is -2.08. The number of benzene rings is 1. The molecule has 2 rings (SSSR count). The summed E-state index contributed by atoms with van der Waals surface area (Å²) in [5.41, 5.74) is 0.832. The summed E-state index contributed by atoms with van der Waals surface area (Å²) in [6.07, 6.45) is -3.62. The molecule has 5 heteroatoms. The molecule has 0 radical (unpaired) electrons. The summed E-state index contributed by atoms with van der Waals surface area (Å²) in [7, 11) is 0. The molecule has 1 heterocycles. The molecule has 0 saturated carbocycles. The van der Waals surface area contributed by atoms with Crippen LogP contribution in [0.15, 0.2) is 36.5 Å². The van der Waals surface area contributed by atoms with Crippen molar-refractivity contribution in [2.45, 2.75) is 40.8 Å². The van der Waals surface area contributed by atoms with Crippen molar-refractivity contribution < 1.29 is 17.6 Å².